The molecule has 0 radical (unpaired) electrons. The molecule has 0 unspecified atom stereocenters. The normalized spacial score (nSPS) is 25.3. The fourth-order valence-electron chi connectivity index (χ4n) is 2.94. The molecule has 1 heterocycles. The number of ether oxygens (including phenoxy) is 1. The maximum Gasteiger partial charge on any atom is 0.261 e. The van der Waals surface area contributed by atoms with Crippen LogP contribution in [0.1, 0.15) is 46.4 Å². The summed E-state index contributed by atoms with van der Waals surface area (Å²) >= 11 is 3.62. The molecule has 0 atom stereocenters. The van der Waals surface area contributed by atoms with Gasteiger partial charge in [0, 0.05) is 4.83 Å². The zero-order valence-electron chi connectivity index (χ0n) is 11.8. The fourth-order valence-corrected chi connectivity index (χ4v) is 3.47. The number of amides is 2. The lowest BCUT2D eigenvalue weighted by atomic mass is 9.98. The first-order valence-corrected chi connectivity index (χ1v) is 8.29. The van der Waals surface area contributed by atoms with Crippen LogP contribution in [0.4, 0.5) is 0 Å². The van der Waals surface area contributed by atoms with E-state index in [1.807, 2.05) is 0 Å². The van der Waals surface area contributed by atoms with Crippen molar-refractivity contribution in [1.82, 2.24) is 4.90 Å². The van der Waals surface area contributed by atoms with Crippen molar-refractivity contribution in [2.75, 3.05) is 13.2 Å². The van der Waals surface area contributed by atoms with Gasteiger partial charge in [0.1, 0.15) is 0 Å². The van der Waals surface area contributed by atoms with E-state index in [0.717, 1.165) is 25.7 Å². The monoisotopic (exact) mass is 351 g/mol. The summed E-state index contributed by atoms with van der Waals surface area (Å²) in [6, 6.07) is 6.97. The van der Waals surface area contributed by atoms with E-state index >= 15 is 0 Å². The topological polar surface area (TPSA) is 46.6 Å². The van der Waals surface area contributed by atoms with Crippen molar-refractivity contribution in [2.24, 2.45) is 0 Å². The molecule has 1 aromatic carbocycles. The van der Waals surface area contributed by atoms with Crippen LogP contribution in [0.25, 0.3) is 0 Å². The second-order valence-electron chi connectivity index (χ2n) is 5.55. The molecule has 1 aliphatic heterocycles. The van der Waals surface area contributed by atoms with Crippen LogP contribution >= 0.6 is 15.9 Å². The van der Waals surface area contributed by atoms with Gasteiger partial charge in [0.15, 0.2) is 0 Å². The van der Waals surface area contributed by atoms with Gasteiger partial charge in [-0.25, -0.2) is 0 Å². The van der Waals surface area contributed by atoms with E-state index in [9.17, 15) is 9.59 Å². The van der Waals surface area contributed by atoms with E-state index in [0.29, 0.717) is 29.1 Å². The van der Waals surface area contributed by atoms with Gasteiger partial charge in [0.25, 0.3) is 11.8 Å². The van der Waals surface area contributed by atoms with Gasteiger partial charge in [-0.1, -0.05) is 28.1 Å². The van der Waals surface area contributed by atoms with Gasteiger partial charge >= 0.3 is 0 Å². The molecule has 1 aliphatic carbocycles. The second-order valence-corrected chi connectivity index (χ2v) is 6.85. The van der Waals surface area contributed by atoms with Crippen LogP contribution in [-0.4, -0.2) is 40.8 Å². The predicted octanol–water partition coefficient (Wildman–Crippen LogP) is 3.01. The highest BCUT2D eigenvalue weighted by Crippen LogP contribution is 2.26. The molecule has 1 aromatic rings. The number of rotatable bonds is 4. The van der Waals surface area contributed by atoms with Gasteiger partial charge in [0.05, 0.1) is 30.4 Å². The highest BCUT2D eigenvalue weighted by molar-refractivity contribution is 9.09. The van der Waals surface area contributed by atoms with Gasteiger partial charge < -0.3 is 4.74 Å². The average molecular weight is 352 g/mol. The van der Waals surface area contributed by atoms with Crippen molar-refractivity contribution < 1.29 is 14.3 Å². The van der Waals surface area contributed by atoms with Gasteiger partial charge in [-0.2, -0.15) is 0 Å². The first kappa shape index (κ1) is 14.7. The lowest BCUT2D eigenvalue weighted by molar-refractivity contribution is 0.0178. The Hall–Kier alpha value is -1.20. The van der Waals surface area contributed by atoms with Crippen LogP contribution in [0, 0.1) is 0 Å². The van der Waals surface area contributed by atoms with Crippen LogP contribution in [0.5, 0.6) is 0 Å². The molecule has 0 saturated heterocycles. The first-order valence-electron chi connectivity index (χ1n) is 7.37. The summed E-state index contributed by atoms with van der Waals surface area (Å²) < 4.78 is 5.82. The highest BCUT2D eigenvalue weighted by atomic mass is 79.9. The molecular formula is C16H18BrNO3. The second kappa shape index (κ2) is 6.28. The number of hydrogen-bond donors (Lipinski definition) is 0. The molecule has 0 aromatic heterocycles. The summed E-state index contributed by atoms with van der Waals surface area (Å²) in [4.78, 5) is 26.2. The van der Waals surface area contributed by atoms with Crippen molar-refractivity contribution in [3.05, 3.63) is 35.4 Å². The van der Waals surface area contributed by atoms with Crippen molar-refractivity contribution in [3.8, 4) is 0 Å². The minimum Gasteiger partial charge on any atom is -0.376 e. The number of carbonyl (C=O) groups excluding carboxylic acids is 2. The minimum absolute atomic E-state index is 0.205. The number of imide groups is 1. The maximum absolute atomic E-state index is 12.2. The minimum atomic E-state index is -0.205. The van der Waals surface area contributed by atoms with Crippen molar-refractivity contribution in [1.29, 1.82) is 0 Å². The Kier molecular flexibility index (Phi) is 4.40. The van der Waals surface area contributed by atoms with E-state index in [2.05, 4.69) is 15.9 Å². The molecule has 2 amide bonds. The molecule has 21 heavy (non-hydrogen) atoms. The Bertz CT molecular complexity index is 517. The van der Waals surface area contributed by atoms with E-state index in [1.165, 1.54) is 4.90 Å². The van der Waals surface area contributed by atoms with E-state index in [-0.39, 0.29) is 17.9 Å². The van der Waals surface area contributed by atoms with E-state index in [1.54, 1.807) is 24.3 Å². The number of benzene rings is 1. The molecule has 4 nitrogen and oxygen atoms in total. The van der Waals surface area contributed by atoms with Gasteiger partial charge in [-0.05, 0) is 37.8 Å². The van der Waals surface area contributed by atoms with Crippen molar-refractivity contribution in [3.63, 3.8) is 0 Å². The Morgan fingerprint density at radius 3 is 2.19 bits per heavy atom. The number of nitrogens with zero attached hydrogens (tertiary/aromatic N) is 1. The summed E-state index contributed by atoms with van der Waals surface area (Å²) in [6.45, 7) is 0.754. The van der Waals surface area contributed by atoms with Crippen molar-refractivity contribution in [2.45, 2.75) is 36.6 Å². The number of hydrogen-bond acceptors (Lipinski definition) is 3. The number of halogens is 1. The summed E-state index contributed by atoms with van der Waals surface area (Å²) in [5, 5.41) is 0. The zero-order chi connectivity index (χ0) is 14.8. The Balaban J connectivity index is 1.53. The molecule has 1 fully saturated rings. The SMILES string of the molecule is O=C1c2ccccc2C(=O)N1CCOC1CCC(Br)CC1. The van der Waals surface area contributed by atoms with Crippen LogP contribution < -0.4 is 0 Å². The maximum atomic E-state index is 12.2. The van der Waals surface area contributed by atoms with E-state index in [4.69, 9.17) is 4.74 Å². The lowest BCUT2D eigenvalue weighted by Gasteiger charge is -2.26. The van der Waals surface area contributed by atoms with Crippen LogP contribution in [0.2, 0.25) is 0 Å². The Morgan fingerprint density at radius 1 is 1.05 bits per heavy atom. The molecule has 0 spiro atoms. The summed E-state index contributed by atoms with van der Waals surface area (Å²) in [6.07, 6.45) is 4.58. The van der Waals surface area contributed by atoms with Gasteiger partial charge in [-0.3, -0.25) is 14.5 Å². The molecule has 3 rings (SSSR count). The molecule has 2 aliphatic rings. The quantitative estimate of drug-likeness (QED) is 0.618. The highest BCUT2D eigenvalue weighted by Gasteiger charge is 2.34. The third-order valence-corrected chi connectivity index (χ3v) is 5.07. The molecule has 1 saturated carbocycles. The summed E-state index contributed by atoms with van der Waals surface area (Å²) in [5.41, 5.74) is 1.00. The molecule has 0 N–H and O–H groups in total. The third-order valence-electron chi connectivity index (χ3n) is 4.15. The van der Waals surface area contributed by atoms with Crippen LogP contribution in [0.15, 0.2) is 24.3 Å². The average Bonchev–Trinajstić information content (AvgIpc) is 2.75. The Morgan fingerprint density at radius 2 is 1.62 bits per heavy atom. The lowest BCUT2D eigenvalue weighted by Crippen LogP contribution is -2.34. The number of carbonyl (C=O) groups is 2. The Labute approximate surface area is 132 Å². The number of alkyl halides is 1. The standard InChI is InChI=1S/C16H18BrNO3/c17-11-5-7-12(8-6-11)21-10-9-18-15(19)13-3-1-2-4-14(13)16(18)20/h1-4,11-12H,5-10H2. The molecule has 112 valence electrons. The predicted molar refractivity (Wildman–Crippen MR) is 82.7 cm³/mol. The fraction of sp³-hybridized carbons (Fsp3) is 0.500. The third kappa shape index (κ3) is 3.04. The number of fused-ring (bicyclic) bond motifs is 1. The smallest absolute Gasteiger partial charge is 0.261 e. The van der Waals surface area contributed by atoms with Crippen molar-refractivity contribution >= 4 is 27.7 Å². The molecule has 5 heteroatoms. The molecular weight excluding hydrogens is 334 g/mol. The zero-order valence-corrected chi connectivity index (χ0v) is 13.3. The van der Waals surface area contributed by atoms with Crippen LogP contribution in [0.3, 0.4) is 0 Å². The van der Waals surface area contributed by atoms with Crippen LogP contribution in [-0.2, 0) is 4.74 Å². The van der Waals surface area contributed by atoms with E-state index < -0.39 is 0 Å². The first-order chi connectivity index (χ1) is 10.2. The largest absolute Gasteiger partial charge is 0.376 e. The van der Waals surface area contributed by atoms with Gasteiger partial charge in [-0.15, -0.1) is 0 Å². The molecule has 0 bridgehead atoms. The summed E-state index contributed by atoms with van der Waals surface area (Å²) in [7, 11) is 0. The summed E-state index contributed by atoms with van der Waals surface area (Å²) in [5.74, 6) is -0.410. The van der Waals surface area contributed by atoms with Gasteiger partial charge in [0.2, 0.25) is 0 Å².